The van der Waals surface area contributed by atoms with Crippen molar-refractivity contribution in [2.45, 2.75) is 57.1 Å². The summed E-state index contributed by atoms with van der Waals surface area (Å²) >= 11 is 2.29. The van der Waals surface area contributed by atoms with Crippen molar-refractivity contribution in [1.29, 1.82) is 0 Å². The van der Waals surface area contributed by atoms with Crippen molar-refractivity contribution in [2.75, 3.05) is 0 Å². The van der Waals surface area contributed by atoms with Gasteiger partial charge in [-0.15, -0.1) is 0 Å². The quantitative estimate of drug-likeness (QED) is 0.533. The van der Waals surface area contributed by atoms with Crippen LogP contribution in [0.5, 0.6) is 0 Å². The summed E-state index contributed by atoms with van der Waals surface area (Å²) in [4.78, 5) is 12.7. The van der Waals surface area contributed by atoms with Gasteiger partial charge in [0.25, 0.3) is 5.91 Å². The SMILES string of the molecule is O=C(NC1CCC1)C1=C[C@@H](c2ccc(I)cc2)C[C@@H](OCc2ccc(CO)cc2)O1. The Morgan fingerprint density at radius 3 is 2.43 bits per heavy atom. The lowest BCUT2D eigenvalue weighted by atomic mass is 9.91. The summed E-state index contributed by atoms with van der Waals surface area (Å²) in [6.07, 6.45) is 5.30. The Morgan fingerprint density at radius 2 is 1.80 bits per heavy atom. The number of ether oxygens (including phenoxy) is 2. The van der Waals surface area contributed by atoms with Crippen LogP contribution >= 0.6 is 22.6 Å². The van der Waals surface area contributed by atoms with Gasteiger partial charge in [-0.25, -0.2) is 0 Å². The molecule has 1 fully saturated rings. The van der Waals surface area contributed by atoms with Gasteiger partial charge in [0.2, 0.25) is 6.29 Å². The zero-order chi connectivity index (χ0) is 20.9. The lowest BCUT2D eigenvalue weighted by Crippen LogP contribution is -2.42. The van der Waals surface area contributed by atoms with E-state index in [2.05, 4.69) is 52.2 Å². The Labute approximate surface area is 190 Å². The van der Waals surface area contributed by atoms with E-state index >= 15 is 0 Å². The minimum atomic E-state index is -0.501. The minimum Gasteiger partial charge on any atom is -0.459 e. The first-order valence-corrected chi connectivity index (χ1v) is 11.4. The van der Waals surface area contributed by atoms with Crippen LogP contribution in [0.2, 0.25) is 0 Å². The Hall–Kier alpha value is -1.90. The molecule has 4 rings (SSSR count). The monoisotopic (exact) mass is 519 g/mol. The fraction of sp³-hybridized carbons (Fsp3) is 0.375. The van der Waals surface area contributed by atoms with E-state index in [-0.39, 0.29) is 24.5 Å². The number of hydrogen-bond donors (Lipinski definition) is 2. The molecular formula is C24H26INO4. The second-order valence-electron chi connectivity index (χ2n) is 7.86. The highest BCUT2D eigenvalue weighted by molar-refractivity contribution is 14.1. The zero-order valence-corrected chi connectivity index (χ0v) is 18.9. The number of carbonyl (C=O) groups excluding carboxylic acids is 1. The molecule has 0 unspecified atom stereocenters. The number of carbonyl (C=O) groups is 1. The van der Waals surface area contributed by atoms with Crippen LogP contribution in [0.25, 0.3) is 0 Å². The van der Waals surface area contributed by atoms with Crippen LogP contribution in [0.15, 0.2) is 60.4 Å². The summed E-state index contributed by atoms with van der Waals surface area (Å²) < 4.78 is 13.2. The first kappa shape index (κ1) is 21.3. The third-order valence-corrected chi connectivity index (χ3v) is 6.38. The van der Waals surface area contributed by atoms with Crippen LogP contribution in [0.1, 0.15) is 48.3 Å². The van der Waals surface area contributed by atoms with E-state index in [4.69, 9.17) is 9.47 Å². The van der Waals surface area contributed by atoms with Crippen LogP contribution < -0.4 is 5.32 Å². The van der Waals surface area contributed by atoms with E-state index in [9.17, 15) is 9.90 Å². The summed E-state index contributed by atoms with van der Waals surface area (Å²) in [5.74, 6) is 0.243. The molecule has 30 heavy (non-hydrogen) atoms. The summed E-state index contributed by atoms with van der Waals surface area (Å²) in [5, 5.41) is 12.2. The average Bonchev–Trinajstić information content (AvgIpc) is 2.75. The molecule has 2 N–H and O–H groups in total. The van der Waals surface area contributed by atoms with Crippen molar-refractivity contribution >= 4 is 28.5 Å². The van der Waals surface area contributed by atoms with Gasteiger partial charge in [-0.2, -0.15) is 0 Å². The summed E-state index contributed by atoms with van der Waals surface area (Å²) in [6, 6.07) is 16.2. The zero-order valence-electron chi connectivity index (χ0n) is 16.7. The number of rotatable bonds is 7. The number of hydrogen-bond acceptors (Lipinski definition) is 4. The highest BCUT2D eigenvalue weighted by atomic mass is 127. The molecule has 0 radical (unpaired) electrons. The molecule has 0 spiro atoms. The van der Waals surface area contributed by atoms with Crippen molar-refractivity contribution < 1.29 is 19.4 Å². The van der Waals surface area contributed by atoms with Gasteiger partial charge in [-0.1, -0.05) is 36.4 Å². The number of nitrogens with one attached hydrogen (secondary N) is 1. The average molecular weight is 519 g/mol. The number of aliphatic hydroxyl groups is 1. The van der Waals surface area contributed by atoms with Crippen molar-refractivity contribution in [1.82, 2.24) is 5.32 Å². The number of allylic oxidation sites excluding steroid dienone is 1. The summed E-state index contributed by atoms with van der Waals surface area (Å²) in [5.41, 5.74) is 3.01. The maximum atomic E-state index is 12.7. The minimum absolute atomic E-state index is 0.0226. The van der Waals surface area contributed by atoms with E-state index in [0.717, 1.165) is 36.0 Å². The van der Waals surface area contributed by atoms with E-state index in [1.165, 1.54) is 3.57 Å². The number of amides is 1. The van der Waals surface area contributed by atoms with E-state index in [0.29, 0.717) is 18.8 Å². The van der Waals surface area contributed by atoms with Crippen molar-refractivity contribution in [3.63, 3.8) is 0 Å². The van der Waals surface area contributed by atoms with Gasteiger partial charge in [0.1, 0.15) is 0 Å². The Kier molecular flexibility index (Phi) is 7.07. The van der Waals surface area contributed by atoms with Crippen molar-refractivity contribution in [3.05, 3.63) is 80.6 Å². The lowest BCUT2D eigenvalue weighted by molar-refractivity contribution is -0.150. The summed E-state index contributed by atoms with van der Waals surface area (Å²) in [7, 11) is 0. The third-order valence-electron chi connectivity index (χ3n) is 5.66. The van der Waals surface area contributed by atoms with E-state index in [1.54, 1.807) is 0 Å². The predicted molar refractivity (Wildman–Crippen MR) is 122 cm³/mol. The number of halogens is 1. The molecule has 0 saturated heterocycles. The Bertz CT molecular complexity index is 890. The molecule has 2 aromatic rings. The normalized spacial score (nSPS) is 21.3. The molecule has 1 heterocycles. The van der Waals surface area contributed by atoms with Crippen LogP contribution in [-0.2, 0) is 27.5 Å². The second kappa shape index (κ2) is 9.94. The predicted octanol–water partition coefficient (Wildman–Crippen LogP) is 4.38. The maximum Gasteiger partial charge on any atom is 0.286 e. The molecule has 1 saturated carbocycles. The third kappa shape index (κ3) is 5.42. The van der Waals surface area contributed by atoms with Gasteiger partial charge in [0, 0.05) is 22.0 Å². The molecule has 2 aromatic carbocycles. The van der Waals surface area contributed by atoms with Gasteiger partial charge < -0.3 is 19.9 Å². The molecule has 6 heteroatoms. The molecule has 0 aromatic heterocycles. The number of aliphatic hydroxyl groups excluding tert-OH is 1. The van der Waals surface area contributed by atoms with Crippen molar-refractivity contribution in [3.8, 4) is 0 Å². The van der Waals surface area contributed by atoms with Crippen LogP contribution in [-0.4, -0.2) is 23.3 Å². The first-order valence-electron chi connectivity index (χ1n) is 10.4. The summed E-state index contributed by atoms with van der Waals surface area (Å²) in [6.45, 7) is 0.405. The molecule has 1 amide bonds. The van der Waals surface area contributed by atoms with Gasteiger partial charge >= 0.3 is 0 Å². The van der Waals surface area contributed by atoms with E-state index < -0.39 is 6.29 Å². The fourth-order valence-electron chi connectivity index (χ4n) is 3.60. The van der Waals surface area contributed by atoms with Gasteiger partial charge in [-0.05, 0) is 76.8 Å². The topological polar surface area (TPSA) is 67.8 Å². The Morgan fingerprint density at radius 1 is 1.10 bits per heavy atom. The second-order valence-corrected chi connectivity index (χ2v) is 9.10. The standard InChI is InChI=1S/C24H26INO4/c25-20-10-8-18(9-11-20)19-12-22(24(28)26-21-2-1-3-21)30-23(13-19)29-15-17-6-4-16(14-27)5-7-17/h4-12,19,21,23,27H,1-3,13-15H2,(H,26,28)/t19-,23+/m1/s1. The van der Waals surface area contributed by atoms with Gasteiger partial charge in [-0.3, -0.25) is 4.79 Å². The van der Waals surface area contributed by atoms with Crippen LogP contribution in [0, 0.1) is 3.57 Å². The molecule has 0 bridgehead atoms. The smallest absolute Gasteiger partial charge is 0.286 e. The van der Waals surface area contributed by atoms with Crippen LogP contribution in [0.3, 0.4) is 0 Å². The van der Waals surface area contributed by atoms with E-state index in [1.807, 2.05) is 30.3 Å². The molecule has 1 aliphatic carbocycles. The fourth-order valence-corrected chi connectivity index (χ4v) is 3.96. The highest BCUT2D eigenvalue weighted by Crippen LogP contribution is 2.32. The van der Waals surface area contributed by atoms with Crippen molar-refractivity contribution in [2.24, 2.45) is 0 Å². The van der Waals surface area contributed by atoms with Crippen LogP contribution in [0.4, 0.5) is 0 Å². The molecule has 2 aliphatic rings. The lowest BCUT2D eigenvalue weighted by Gasteiger charge is -2.31. The molecule has 158 valence electrons. The highest BCUT2D eigenvalue weighted by Gasteiger charge is 2.30. The number of benzene rings is 2. The first-order chi connectivity index (χ1) is 14.6. The molecule has 1 aliphatic heterocycles. The van der Waals surface area contributed by atoms with Gasteiger partial charge in [0.15, 0.2) is 5.76 Å². The van der Waals surface area contributed by atoms with Gasteiger partial charge in [0.05, 0.1) is 13.2 Å². The largest absolute Gasteiger partial charge is 0.459 e. The Balaban J connectivity index is 1.46. The molecule has 5 nitrogen and oxygen atoms in total. The molecular weight excluding hydrogens is 493 g/mol. The molecule has 2 atom stereocenters. The maximum absolute atomic E-state index is 12.7.